The predicted octanol–water partition coefficient (Wildman–Crippen LogP) is 4.11. The van der Waals surface area contributed by atoms with Gasteiger partial charge < -0.3 is 0 Å². The summed E-state index contributed by atoms with van der Waals surface area (Å²) in [6.45, 7) is 6.24. The number of hydrogen-bond donors (Lipinski definition) is 0. The summed E-state index contributed by atoms with van der Waals surface area (Å²) >= 11 is 0. The molecule has 18 heavy (non-hydrogen) atoms. The number of Topliss-reactive ketones (excluding diaryl/α,β-unsaturated/α-hetero) is 1. The normalized spacial score (nSPS) is 25.2. The zero-order valence-electron chi connectivity index (χ0n) is 11.4. The molecule has 0 bridgehead atoms. The van der Waals surface area contributed by atoms with Gasteiger partial charge in [0.05, 0.1) is 0 Å². The average molecular weight is 248 g/mol. The minimum atomic E-state index is -0.278. The molecule has 2 heteroatoms. The van der Waals surface area contributed by atoms with Crippen molar-refractivity contribution >= 4 is 5.78 Å². The van der Waals surface area contributed by atoms with Gasteiger partial charge in [0.25, 0.3) is 0 Å². The zero-order valence-corrected chi connectivity index (χ0v) is 11.4. The molecule has 1 aliphatic rings. The predicted molar refractivity (Wildman–Crippen MR) is 70.9 cm³/mol. The summed E-state index contributed by atoms with van der Waals surface area (Å²) in [7, 11) is 0. The van der Waals surface area contributed by atoms with Gasteiger partial charge in [0.1, 0.15) is 11.6 Å². The number of halogens is 1. The minimum Gasteiger partial charge on any atom is -0.299 e. The first kappa shape index (κ1) is 13.3. The van der Waals surface area contributed by atoms with Crippen molar-refractivity contribution in [3.05, 3.63) is 35.6 Å². The number of ketones is 1. The van der Waals surface area contributed by atoms with E-state index in [1.807, 2.05) is 6.07 Å². The minimum absolute atomic E-state index is 0.0236. The monoisotopic (exact) mass is 248 g/mol. The Kier molecular flexibility index (Phi) is 3.56. The molecule has 0 spiro atoms. The van der Waals surface area contributed by atoms with E-state index < -0.39 is 0 Å². The molecule has 0 radical (unpaired) electrons. The van der Waals surface area contributed by atoms with Crippen LogP contribution in [-0.4, -0.2) is 5.78 Å². The molecular weight excluding hydrogens is 227 g/mol. The molecule has 2 rings (SSSR count). The highest BCUT2D eigenvalue weighted by molar-refractivity contribution is 5.83. The van der Waals surface area contributed by atoms with Gasteiger partial charge in [-0.05, 0) is 41.9 Å². The molecule has 98 valence electrons. The van der Waals surface area contributed by atoms with E-state index in [1.165, 1.54) is 6.07 Å². The van der Waals surface area contributed by atoms with Gasteiger partial charge in [-0.3, -0.25) is 4.79 Å². The van der Waals surface area contributed by atoms with Crippen molar-refractivity contribution in [3.63, 3.8) is 0 Å². The highest BCUT2D eigenvalue weighted by atomic mass is 19.1. The van der Waals surface area contributed by atoms with Gasteiger partial charge in [-0.25, -0.2) is 4.39 Å². The van der Waals surface area contributed by atoms with E-state index in [-0.39, 0.29) is 17.2 Å². The molecule has 1 aromatic carbocycles. The Balaban J connectivity index is 2.28. The highest BCUT2D eigenvalue weighted by Crippen LogP contribution is 2.40. The molecule has 0 amide bonds. The van der Waals surface area contributed by atoms with Crippen molar-refractivity contribution in [1.29, 1.82) is 0 Å². The zero-order chi connectivity index (χ0) is 13.3. The molecule has 0 aromatic heterocycles. The smallest absolute Gasteiger partial charge is 0.137 e. The van der Waals surface area contributed by atoms with Gasteiger partial charge in [0.15, 0.2) is 0 Å². The average Bonchev–Trinajstić information content (AvgIpc) is 2.28. The first-order chi connectivity index (χ1) is 8.41. The topological polar surface area (TPSA) is 17.1 Å². The third kappa shape index (κ3) is 2.47. The number of carbonyl (C=O) groups is 1. The number of rotatable bonds is 2. The van der Waals surface area contributed by atoms with Crippen LogP contribution < -0.4 is 0 Å². The van der Waals surface area contributed by atoms with Crippen LogP contribution in [0.4, 0.5) is 4.39 Å². The van der Waals surface area contributed by atoms with E-state index in [4.69, 9.17) is 0 Å². The Bertz CT molecular complexity index is 450. The molecule has 2 unspecified atom stereocenters. The highest BCUT2D eigenvalue weighted by Gasteiger charge is 2.39. The van der Waals surface area contributed by atoms with E-state index in [0.717, 1.165) is 18.4 Å². The van der Waals surface area contributed by atoms with E-state index >= 15 is 0 Å². The fraction of sp³-hybridized carbons (Fsp3) is 0.562. The lowest BCUT2D eigenvalue weighted by atomic mass is 9.65. The van der Waals surface area contributed by atoms with Gasteiger partial charge in [-0.2, -0.15) is 0 Å². The molecular formula is C16H21FO. The van der Waals surface area contributed by atoms with E-state index in [1.54, 1.807) is 12.1 Å². The Hall–Kier alpha value is -1.18. The van der Waals surface area contributed by atoms with Crippen molar-refractivity contribution in [3.8, 4) is 0 Å². The fourth-order valence-corrected chi connectivity index (χ4v) is 3.05. The second kappa shape index (κ2) is 4.83. The maximum Gasteiger partial charge on any atom is 0.137 e. The van der Waals surface area contributed by atoms with Crippen LogP contribution in [0.25, 0.3) is 0 Å². The van der Waals surface area contributed by atoms with Crippen molar-refractivity contribution in [2.24, 2.45) is 11.8 Å². The van der Waals surface area contributed by atoms with Crippen LogP contribution in [-0.2, 0) is 10.2 Å². The molecule has 0 heterocycles. The third-order valence-corrected chi connectivity index (χ3v) is 4.33. The SMILES string of the molecule is CC1CCC(C(C)(C)c2cccc(F)c2)C(=O)C1. The molecule has 0 saturated heterocycles. The first-order valence-corrected chi connectivity index (χ1v) is 6.70. The molecule has 0 N–H and O–H groups in total. The lowest BCUT2D eigenvalue weighted by molar-refractivity contribution is -0.128. The standard InChI is InChI=1S/C16H21FO/c1-11-7-8-14(15(18)9-11)16(2,3)12-5-4-6-13(17)10-12/h4-6,10-11,14H,7-9H2,1-3H3. The summed E-state index contributed by atoms with van der Waals surface area (Å²) in [5.41, 5.74) is 0.648. The molecule has 1 fully saturated rings. The van der Waals surface area contributed by atoms with Gasteiger partial charge in [0.2, 0.25) is 0 Å². The number of benzene rings is 1. The van der Waals surface area contributed by atoms with Crippen LogP contribution >= 0.6 is 0 Å². The molecule has 1 saturated carbocycles. The summed E-state index contributed by atoms with van der Waals surface area (Å²) in [6, 6.07) is 6.66. The summed E-state index contributed by atoms with van der Waals surface area (Å²) in [4.78, 5) is 12.2. The number of carbonyl (C=O) groups excluding carboxylic acids is 1. The summed E-state index contributed by atoms with van der Waals surface area (Å²) in [5.74, 6) is 0.632. The Morgan fingerprint density at radius 3 is 2.61 bits per heavy atom. The van der Waals surface area contributed by atoms with Crippen LogP contribution in [0.5, 0.6) is 0 Å². The Morgan fingerprint density at radius 1 is 1.28 bits per heavy atom. The van der Waals surface area contributed by atoms with Crippen molar-refractivity contribution in [1.82, 2.24) is 0 Å². The lowest BCUT2D eigenvalue weighted by Gasteiger charge is -2.38. The second-order valence-corrected chi connectivity index (χ2v) is 6.14. The first-order valence-electron chi connectivity index (χ1n) is 6.70. The largest absolute Gasteiger partial charge is 0.299 e. The van der Waals surface area contributed by atoms with Crippen LogP contribution in [0, 0.1) is 17.7 Å². The van der Waals surface area contributed by atoms with Crippen molar-refractivity contribution in [2.75, 3.05) is 0 Å². The second-order valence-electron chi connectivity index (χ2n) is 6.14. The maximum absolute atomic E-state index is 13.3. The van der Waals surface area contributed by atoms with E-state index in [9.17, 15) is 9.18 Å². The molecule has 1 aliphatic carbocycles. The van der Waals surface area contributed by atoms with Gasteiger partial charge in [-0.1, -0.05) is 32.9 Å². The third-order valence-electron chi connectivity index (χ3n) is 4.33. The van der Waals surface area contributed by atoms with Crippen molar-refractivity contribution in [2.45, 2.75) is 45.4 Å². The summed E-state index contributed by atoms with van der Waals surface area (Å²) in [5, 5.41) is 0. The summed E-state index contributed by atoms with van der Waals surface area (Å²) in [6.07, 6.45) is 2.68. The van der Waals surface area contributed by atoms with Crippen LogP contribution in [0.2, 0.25) is 0 Å². The van der Waals surface area contributed by atoms with E-state index in [0.29, 0.717) is 18.1 Å². The quantitative estimate of drug-likeness (QED) is 0.769. The lowest BCUT2D eigenvalue weighted by Crippen LogP contribution is -2.38. The number of hydrogen-bond acceptors (Lipinski definition) is 1. The van der Waals surface area contributed by atoms with Gasteiger partial charge in [0, 0.05) is 12.3 Å². The van der Waals surface area contributed by atoms with Gasteiger partial charge >= 0.3 is 0 Å². The molecule has 2 atom stereocenters. The fourth-order valence-electron chi connectivity index (χ4n) is 3.05. The molecule has 1 aromatic rings. The molecule has 0 aliphatic heterocycles. The van der Waals surface area contributed by atoms with E-state index in [2.05, 4.69) is 20.8 Å². The van der Waals surface area contributed by atoms with Gasteiger partial charge in [-0.15, -0.1) is 0 Å². The Labute approximate surface area is 108 Å². The van der Waals surface area contributed by atoms with Crippen LogP contribution in [0.3, 0.4) is 0 Å². The maximum atomic E-state index is 13.3. The Morgan fingerprint density at radius 2 is 2.00 bits per heavy atom. The van der Waals surface area contributed by atoms with Crippen LogP contribution in [0.1, 0.15) is 45.6 Å². The summed E-state index contributed by atoms with van der Waals surface area (Å²) < 4.78 is 13.3. The van der Waals surface area contributed by atoms with Crippen LogP contribution in [0.15, 0.2) is 24.3 Å². The van der Waals surface area contributed by atoms with Crippen molar-refractivity contribution < 1.29 is 9.18 Å². The molecule has 1 nitrogen and oxygen atoms in total.